The lowest BCUT2D eigenvalue weighted by Gasteiger charge is -2.19. The molecule has 2 aromatic carbocycles. The largest absolute Gasteiger partial charge is 0.444 e. The van der Waals surface area contributed by atoms with Crippen molar-refractivity contribution >= 4 is 23.6 Å². The second kappa shape index (κ2) is 9.64. The van der Waals surface area contributed by atoms with E-state index in [0.717, 1.165) is 0 Å². The van der Waals surface area contributed by atoms with E-state index in [0.29, 0.717) is 23.4 Å². The summed E-state index contributed by atoms with van der Waals surface area (Å²) in [7, 11) is 0. The van der Waals surface area contributed by atoms with E-state index < -0.39 is 35.9 Å². The molecule has 2 aromatic rings. The van der Waals surface area contributed by atoms with Gasteiger partial charge in [0.1, 0.15) is 5.82 Å². The van der Waals surface area contributed by atoms with Gasteiger partial charge in [0, 0.05) is 24.1 Å². The van der Waals surface area contributed by atoms with Gasteiger partial charge in [-0.25, -0.2) is 14.0 Å². The van der Waals surface area contributed by atoms with Crippen molar-refractivity contribution < 1.29 is 28.3 Å². The zero-order valence-electron chi connectivity index (χ0n) is 16.1. The Morgan fingerprint density at radius 3 is 2.67 bits per heavy atom. The maximum atomic E-state index is 13.4. The van der Waals surface area contributed by atoms with Crippen LogP contribution in [0.25, 0.3) is 0 Å². The van der Waals surface area contributed by atoms with Gasteiger partial charge in [-0.15, -0.1) is 0 Å². The molecule has 1 aliphatic heterocycles. The SMILES string of the molecule is CCNC(=O)NC(=O)C(OC(=O)C1CC(c2cccc(F)c2)=NO1)c1ccccc1. The quantitative estimate of drug-likeness (QED) is 0.708. The van der Waals surface area contributed by atoms with E-state index in [1.165, 1.54) is 18.2 Å². The molecule has 9 heteroatoms. The first-order chi connectivity index (χ1) is 14.5. The van der Waals surface area contributed by atoms with Gasteiger partial charge >= 0.3 is 12.0 Å². The van der Waals surface area contributed by atoms with Crippen molar-refractivity contribution in [3.05, 3.63) is 71.5 Å². The molecule has 2 unspecified atom stereocenters. The summed E-state index contributed by atoms with van der Waals surface area (Å²) < 4.78 is 18.8. The van der Waals surface area contributed by atoms with Gasteiger partial charge in [0.15, 0.2) is 0 Å². The summed E-state index contributed by atoms with van der Waals surface area (Å²) in [5.74, 6) is -2.07. The number of esters is 1. The van der Waals surface area contributed by atoms with Crippen LogP contribution < -0.4 is 10.6 Å². The highest BCUT2D eigenvalue weighted by Crippen LogP contribution is 2.23. The summed E-state index contributed by atoms with van der Waals surface area (Å²) in [6.07, 6.45) is -2.39. The number of carbonyl (C=O) groups excluding carboxylic acids is 3. The van der Waals surface area contributed by atoms with Crippen LogP contribution in [0.3, 0.4) is 0 Å². The Morgan fingerprint density at radius 1 is 1.20 bits per heavy atom. The van der Waals surface area contributed by atoms with Crippen LogP contribution in [-0.2, 0) is 19.2 Å². The lowest BCUT2D eigenvalue weighted by Crippen LogP contribution is -2.43. The number of urea groups is 1. The summed E-state index contributed by atoms with van der Waals surface area (Å²) in [6, 6.07) is 13.3. The maximum absolute atomic E-state index is 13.4. The number of imide groups is 1. The first-order valence-corrected chi connectivity index (χ1v) is 9.30. The minimum absolute atomic E-state index is 0.0573. The zero-order chi connectivity index (χ0) is 21.5. The average molecular weight is 413 g/mol. The normalized spacial score (nSPS) is 16.1. The number of nitrogens with zero attached hydrogens (tertiary/aromatic N) is 1. The van der Waals surface area contributed by atoms with Gasteiger partial charge in [-0.1, -0.05) is 47.6 Å². The maximum Gasteiger partial charge on any atom is 0.351 e. The first kappa shape index (κ1) is 21.0. The average Bonchev–Trinajstić information content (AvgIpc) is 3.23. The Hall–Kier alpha value is -3.75. The second-order valence-electron chi connectivity index (χ2n) is 6.42. The van der Waals surface area contributed by atoms with Crippen molar-refractivity contribution in [1.29, 1.82) is 0 Å². The summed E-state index contributed by atoms with van der Waals surface area (Å²) in [4.78, 5) is 42.0. The number of benzene rings is 2. The lowest BCUT2D eigenvalue weighted by molar-refractivity contribution is -0.165. The van der Waals surface area contributed by atoms with Gasteiger partial charge in [0.2, 0.25) is 12.2 Å². The van der Waals surface area contributed by atoms with Gasteiger partial charge < -0.3 is 14.9 Å². The fraction of sp³-hybridized carbons (Fsp3) is 0.238. The van der Waals surface area contributed by atoms with Crippen molar-refractivity contribution in [3.63, 3.8) is 0 Å². The summed E-state index contributed by atoms with van der Waals surface area (Å²) in [5.41, 5.74) is 1.26. The fourth-order valence-electron chi connectivity index (χ4n) is 2.82. The van der Waals surface area contributed by atoms with Crippen molar-refractivity contribution in [3.8, 4) is 0 Å². The Morgan fingerprint density at radius 2 is 1.97 bits per heavy atom. The molecular formula is C21H20FN3O5. The van der Waals surface area contributed by atoms with E-state index in [-0.39, 0.29) is 6.42 Å². The molecule has 0 saturated heterocycles. The van der Waals surface area contributed by atoms with Crippen LogP contribution in [0, 0.1) is 5.82 Å². The number of rotatable bonds is 6. The zero-order valence-corrected chi connectivity index (χ0v) is 16.1. The Bertz CT molecular complexity index is 964. The third-order valence-corrected chi connectivity index (χ3v) is 4.24. The second-order valence-corrected chi connectivity index (χ2v) is 6.42. The minimum Gasteiger partial charge on any atom is -0.444 e. The number of nitrogens with one attached hydrogen (secondary N) is 2. The summed E-state index contributed by atoms with van der Waals surface area (Å²) in [6.45, 7) is 2.03. The van der Waals surface area contributed by atoms with Crippen LogP contribution in [0.15, 0.2) is 59.8 Å². The third-order valence-electron chi connectivity index (χ3n) is 4.24. The molecule has 0 aromatic heterocycles. The number of hydrogen-bond acceptors (Lipinski definition) is 6. The van der Waals surface area contributed by atoms with E-state index >= 15 is 0 Å². The Kier molecular flexibility index (Phi) is 6.74. The minimum atomic E-state index is -1.36. The number of amides is 3. The molecule has 156 valence electrons. The molecule has 1 aliphatic rings. The van der Waals surface area contributed by atoms with Gasteiger partial charge in [0.25, 0.3) is 5.91 Å². The number of oxime groups is 1. The van der Waals surface area contributed by atoms with Gasteiger partial charge in [-0.05, 0) is 19.1 Å². The number of halogens is 1. The molecule has 2 N–H and O–H groups in total. The highest BCUT2D eigenvalue weighted by Gasteiger charge is 2.35. The van der Waals surface area contributed by atoms with E-state index in [1.54, 1.807) is 43.3 Å². The van der Waals surface area contributed by atoms with Crippen LogP contribution in [-0.4, -0.2) is 36.3 Å². The van der Waals surface area contributed by atoms with Crippen molar-refractivity contribution in [2.75, 3.05) is 6.54 Å². The molecule has 30 heavy (non-hydrogen) atoms. The van der Waals surface area contributed by atoms with Crippen LogP contribution in [0.1, 0.15) is 30.6 Å². The van der Waals surface area contributed by atoms with Gasteiger partial charge in [0.05, 0.1) is 5.71 Å². The summed E-state index contributed by atoms with van der Waals surface area (Å²) >= 11 is 0. The highest BCUT2D eigenvalue weighted by molar-refractivity contribution is 6.04. The predicted molar refractivity (Wildman–Crippen MR) is 105 cm³/mol. The number of hydrogen-bond donors (Lipinski definition) is 2. The van der Waals surface area contributed by atoms with Gasteiger partial charge in [-0.3, -0.25) is 10.1 Å². The summed E-state index contributed by atoms with van der Waals surface area (Å²) in [5, 5.41) is 8.41. The monoisotopic (exact) mass is 413 g/mol. The number of ether oxygens (including phenoxy) is 1. The predicted octanol–water partition coefficient (Wildman–Crippen LogP) is 2.45. The third kappa shape index (κ3) is 5.19. The van der Waals surface area contributed by atoms with Crippen LogP contribution in [0.5, 0.6) is 0 Å². The van der Waals surface area contributed by atoms with E-state index in [4.69, 9.17) is 9.57 Å². The van der Waals surface area contributed by atoms with E-state index in [9.17, 15) is 18.8 Å². The molecule has 0 saturated carbocycles. The number of carbonyl (C=O) groups is 3. The molecule has 0 bridgehead atoms. The fourth-order valence-corrected chi connectivity index (χ4v) is 2.82. The highest BCUT2D eigenvalue weighted by atomic mass is 19.1. The molecule has 8 nitrogen and oxygen atoms in total. The molecule has 3 amide bonds. The molecule has 0 radical (unpaired) electrons. The van der Waals surface area contributed by atoms with Crippen LogP contribution in [0.2, 0.25) is 0 Å². The molecule has 3 rings (SSSR count). The van der Waals surface area contributed by atoms with E-state index in [1.807, 2.05) is 0 Å². The molecular weight excluding hydrogens is 393 g/mol. The van der Waals surface area contributed by atoms with Crippen LogP contribution in [0.4, 0.5) is 9.18 Å². The van der Waals surface area contributed by atoms with Crippen LogP contribution >= 0.6 is 0 Å². The van der Waals surface area contributed by atoms with Crippen molar-refractivity contribution in [2.24, 2.45) is 5.16 Å². The first-order valence-electron chi connectivity index (χ1n) is 9.30. The van der Waals surface area contributed by atoms with Crippen molar-refractivity contribution in [2.45, 2.75) is 25.6 Å². The van der Waals surface area contributed by atoms with E-state index in [2.05, 4.69) is 15.8 Å². The molecule has 0 fully saturated rings. The van der Waals surface area contributed by atoms with Gasteiger partial charge in [-0.2, -0.15) is 0 Å². The molecule has 0 spiro atoms. The smallest absolute Gasteiger partial charge is 0.351 e. The lowest BCUT2D eigenvalue weighted by atomic mass is 10.0. The van der Waals surface area contributed by atoms with Crippen molar-refractivity contribution in [1.82, 2.24) is 10.6 Å². The standard InChI is InChI=1S/C21H20FN3O5/c1-2-23-21(28)24-19(26)18(13-7-4-3-5-8-13)29-20(27)17-12-16(25-30-17)14-9-6-10-15(22)11-14/h3-11,17-18H,2,12H2,1H3,(H2,23,24,26,28). The molecule has 0 aliphatic carbocycles. The molecule has 1 heterocycles. The molecule has 2 atom stereocenters. The Balaban J connectivity index is 1.69. The Labute approximate surface area is 172 Å². The topological polar surface area (TPSA) is 106 Å².